The van der Waals surface area contributed by atoms with Gasteiger partial charge in [-0.05, 0) is 0 Å². The van der Waals surface area contributed by atoms with Gasteiger partial charge in [-0.3, -0.25) is 10.1 Å². The van der Waals surface area contributed by atoms with Crippen molar-refractivity contribution in [3.63, 3.8) is 0 Å². The normalized spacial score (nSPS) is 8.89. The fourth-order valence-electron chi connectivity index (χ4n) is 0.550. The molecule has 3 nitrogen and oxygen atoms in total. The Morgan fingerprint density at radius 3 is 2.11 bits per heavy atom. The lowest BCUT2D eigenvalue weighted by Gasteiger charge is -1.85. The first kappa shape index (κ1) is 5.75. The van der Waals surface area contributed by atoms with Crippen LogP contribution in [0.2, 0.25) is 0 Å². The average Bonchev–Trinajstić information content (AvgIpc) is 1.90. The maximum Gasteiger partial charge on any atom is 0.269 e. The number of hydrogen-bond donors (Lipinski definition) is 0. The van der Waals surface area contributed by atoms with E-state index < -0.39 is 4.92 Å². The molecule has 0 fully saturated rings. The second kappa shape index (κ2) is 2.26. The summed E-state index contributed by atoms with van der Waals surface area (Å²) in [7, 11) is 0. The molecule has 0 unspecified atom stereocenters. The van der Waals surface area contributed by atoms with Crippen LogP contribution in [0, 0.1) is 10.1 Å². The van der Waals surface area contributed by atoms with E-state index in [1.54, 1.807) is 18.2 Å². The van der Waals surface area contributed by atoms with Crippen molar-refractivity contribution in [1.29, 1.82) is 0 Å². The van der Waals surface area contributed by atoms with Crippen LogP contribution in [0.25, 0.3) is 0 Å². The molecule has 0 saturated heterocycles. The summed E-state index contributed by atoms with van der Waals surface area (Å²) >= 11 is 0. The van der Waals surface area contributed by atoms with E-state index in [4.69, 9.17) is 0 Å². The number of non-ortho nitro benzene ring substituents is 1. The van der Waals surface area contributed by atoms with Crippen molar-refractivity contribution in [3.05, 3.63) is 40.4 Å². The zero-order valence-electron chi connectivity index (χ0n) is 4.65. The number of rotatable bonds is 1. The first-order valence-electron chi connectivity index (χ1n) is 2.50. The fraction of sp³-hybridized carbons (Fsp3) is 0. The molecule has 1 rings (SSSR count). The van der Waals surface area contributed by atoms with Crippen LogP contribution in [-0.4, -0.2) is 4.92 Å². The molecule has 0 aliphatic heterocycles. The molecule has 0 N–H and O–H groups in total. The number of hydrogen-bond acceptors (Lipinski definition) is 2. The summed E-state index contributed by atoms with van der Waals surface area (Å²) in [5.41, 5.74) is 0.137. The predicted molar refractivity (Wildman–Crippen MR) is 33.1 cm³/mol. The van der Waals surface area contributed by atoms with Crippen molar-refractivity contribution >= 4 is 5.69 Å². The van der Waals surface area contributed by atoms with E-state index in [1.807, 2.05) is 0 Å². The number of nitro groups is 1. The first-order valence-corrected chi connectivity index (χ1v) is 2.50. The lowest BCUT2D eigenvalue weighted by atomic mass is 11.3. The Bertz CT molecular complexity index is 208. The minimum absolute atomic E-state index is 0.137. The molecular formula is C6H5NO2. The largest absolute Gasteiger partial charge is 0.269 e. The molecular weight excluding hydrogens is 125 g/mol. The Morgan fingerprint density at radius 1 is 1.22 bits per heavy atom. The molecule has 0 aromatic heterocycles. The van der Waals surface area contributed by atoms with E-state index in [-0.39, 0.29) is 5.69 Å². The summed E-state index contributed by atoms with van der Waals surface area (Å²) in [4.78, 5) is 9.59. The van der Waals surface area contributed by atoms with Gasteiger partial charge in [-0.2, -0.15) is 0 Å². The lowest BCUT2D eigenvalue weighted by molar-refractivity contribution is -0.384. The van der Waals surface area contributed by atoms with Crippen LogP contribution >= 0.6 is 0 Å². The summed E-state index contributed by atoms with van der Waals surface area (Å²) in [5, 5.41) is 10.0. The van der Waals surface area contributed by atoms with Gasteiger partial charge in [0, 0.05) is 12.1 Å². The SMILES string of the molecule is O=[15N+]([O-])[13c]1[13cH][13cH][13cH][13cH][13cH]1. The van der Waals surface area contributed by atoms with Crippen LogP contribution in [0.3, 0.4) is 0 Å². The monoisotopic (exact) mass is 130 g/mol. The molecule has 0 radical (unpaired) electrons. The molecule has 1 aromatic rings. The summed E-state index contributed by atoms with van der Waals surface area (Å²) in [6.45, 7) is 0. The second-order valence-electron chi connectivity index (χ2n) is 1.59. The molecule has 1 aromatic carbocycles. The predicted octanol–water partition coefficient (Wildman–Crippen LogP) is 1.59. The van der Waals surface area contributed by atoms with Gasteiger partial charge in [0.1, 0.15) is 0 Å². The molecule has 0 aliphatic rings. The van der Waals surface area contributed by atoms with Gasteiger partial charge in [-0.1, -0.05) is 18.2 Å². The third kappa shape index (κ3) is 1.25. The number of nitrogens with zero attached hydrogens (tertiary/aromatic N) is 1. The van der Waals surface area contributed by atoms with Crippen LogP contribution in [0.5, 0.6) is 0 Å². The van der Waals surface area contributed by atoms with E-state index in [1.165, 1.54) is 12.1 Å². The Kier molecular flexibility index (Phi) is 1.44. The minimum atomic E-state index is -0.417. The molecule has 0 saturated carbocycles. The van der Waals surface area contributed by atoms with Gasteiger partial charge in [0.05, 0.1) is 4.92 Å². The summed E-state index contributed by atoms with van der Waals surface area (Å²) < 4.78 is 0. The number of nitro benzene ring substituents is 1. The Labute approximate surface area is 52.1 Å². The molecule has 0 bridgehead atoms. The van der Waals surface area contributed by atoms with Crippen molar-refractivity contribution in [3.8, 4) is 0 Å². The Hall–Kier alpha value is -1.38. The highest BCUT2D eigenvalue weighted by atomic mass is 16.9. The van der Waals surface area contributed by atoms with E-state index in [2.05, 4.69) is 0 Å². The van der Waals surface area contributed by atoms with Gasteiger partial charge < -0.3 is 0 Å². The maximum atomic E-state index is 10.0. The first-order chi connectivity index (χ1) is 4.30. The van der Waals surface area contributed by atoms with Gasteiger partial charge >= 0.3 is 0 Å². The number of benzene rings is 1. The molecule has 0 atom stereocenters. The van der Waals surface area contributed by atoms with Crippen molar-refractivity contribution in [2.24, 2.45) is 0 Å². The van der Waals surface area contributed by atoms with Crippen LogP contribution in [0.1, 0.15) is 0 Å². The van der Waals surface area contributed by atoms with Gasteiger partial charge in [0.2, 0.25) is 0 Å². The third-order valence-electron chi connectivity index (χ3n) is 0.967. The molecule has 0 aliphatic carbocycles. The molecule has 0 heterocycles. The number of para-hydroxylation sites is 1. The van der Waals surface area contributed by atoms with Gasteiger partial charge in [0.25, 0.3) is 5.69 Å². The summed E-state index contributed by atoms with van der Waals surface area (Å²) in [5.74, 6) is 0. The highest BCUT2D eigenvalue weighted by molar-refractivity contribution is 5.27. The van der Waals surface area contributed by atoms with E-state index in [0.29, 0.717) is 0 Å². The summed E-state index contributed by atoms with van der Waals surface area (Å²) in [6.07, 6.45) is 0. The lowest BCUT2D eigenvalue weighted by Crippen LogP contribution is -1.84. The van der Waals surface area contributed by atoms with E-state index in [0.717, 1.165) is 0 Å². The minimum Gasteiger partial charge on any atom is -0.258 e. The van der Waals surface area contributed by atoms with Crippen LogP contribution in [0.4, 0.5) is 5.69 Å². The van der Waals surface area contributed by atoms with Gasteiger partial charge in [0.15, 0.2) is 0 Å². The van der Waals surface area contributed by atoms with Crippen molar-refractivity contribution in [1.82, 2.24) is 0 Å². The maximum absolute atomic E-state index is 10.0. The summed E-state index contributed by atoms with van der Waals surface area (Å²) in [6, 6.07) is 7.93. The van der Waals surface area contributed by atoms with Crippen LogP contribution in [0.15, 0.2) is 30.3 Å². The third-order valence-corrected chi connectivity index (χ3v) is 0.967. The van der Waals surface area contributed by atoms with Crippen molar-refractivity contribution in [2.75, 3.05) is 0 Å². The smallest absolute Gasteiger partial charge is 0.258 e. The average molecular weight is 130 g/mol. The van der Waals surface area contributed by atoms with E-state index in [9.17, 15) is 10.1 Å². The topological polar surface area (TPSA) is 43.1 Å². The molecule has 0 amide bonds. The zero-order valence-corrected chi connectivity index (χ0v) is 4.65. The van der Waals surface area contributed by atoms with Gasteiger partial charge in [-0.25, -0.2) is 0 Å². The molecule has 9 heavy (non-hydrogen) atoms. The highest BCUT2D eigenvalue weighted by Crippen LogP contribution is 2.06. The van der Waals surface area contributed by atoms with Crippen LogP contribution < -0.4 is 0 Å². The Morgan fingerprint density at radius 2 is 1.78 bits per heavy atom. The Balaban J connectivity index is 2.98. The standard InChI is InChI=1S/C6H5NO2/c8-7(9)6-4-2-1-3-5-6/h1-5H/i1+1,2+1,3+1,4+1,5+1,6+1,7+1. The van der Waals surface area contributed by atoms with Gasteiger partial charge in [-0.15, -0.1) is 0 Å². The highest BCUT2D eigenvalue weighted by Gasteiger charge is 1.98. The molecule has 0 spiro atoms. The fourth-order valence-corrected chi connectivity index (χ4v) is 0.550. The molecule has 46 valence electrons. The van der Waals surface area contributed by atoms with E-state index >= 15 is 0 Å². The zero-order chi connectivity index (χ0) is 6.69. The quantitative estimate of drug-likeness (QED) is 0.329. The molecule has 3 heteroatoms. The van der Waals surface area contributed by atoms with Crippen molar-refractivity contribution < 1.29 is 4.92 Å². The van der Waals surface area contributed by atoms with Crippen LogP contribution in [-0.2, 0) is 0 Å². The van der Waals surface area contributed by atoms with Crippen molar-refractivity contribution in [2.45, 2.75) is 0 Å². The second-order valence-corrected chi connectivity index (χ2v) is 1.59.